The first-order valence-corrected chi connectivity index (χ1v) is 12.6. The van der Waals surface area contributed by atoms with Crippen LogP contribution in [-0.2, 0) is 23.9 Å². The van der Waals surface area contributed by atoms with Gasteiger partial charge in [0.05, 0.1) is 24.2 Å². The lowest BCUT2D eigenvalue weighted by Crippen LogP contribution is -2.35. The average Bonchev–Trinajstić information content (AvgIpc) is 2.79. The molecule has 0 aliphatic rings. The number of hydrogen-bond acceptors (Lipinski definition) is 7. The summed E-state index contributed by atoms with van der Waals surface area (Å²) < 4.78 is 10.4. The maximum absolute atomic E-state index is 11.9. The van der Waals surface area contributed by atoms with Crippen LogP contribution in [0.15, 0.2) is 0 Å². The van der Waals surface area contributed by atoms with E-state index in [4.69, 9.17) is 9.47 Å². The zero-order valence-electron chi connectivity index (χ0n) is 21.5. The van der Waals surface area contributed by atoms with Gasteiger partial charge in [-0.3, -0.25) is 9.59 Å². The topological polar surface area (TPSA) is 93.7 Å². The summed E-state index contributed by atoms with van der Waals surface area (Å²) in [6.07, 6.45) is 1.29. The van der Waals surface area contributed by atoms with Gasteiger partial charge in [-0.1, -0.05) is 48.5 Å². The zero-order chi connectivity index (χ0) is 24.9. The van der Waals surface area contributed by atoms with Crippen molar-refractivity contribution < 1.29 is 23.9 Å². The van der Waals surface area contributed by atoms with E-state index in [1.165, 1.54) is 11.8 Å². The van der Waals surface area contributed by atoms with Crippen molar-refractivity contribution in [3.63, 3.8) is 0 Å². The number of hydrogen-bond donors (Lipinski definition) is 2. The molecule has 0 bridgehead atoms. The standard InChI is InChI=1S/C14H25NO4S.C5H13NO.2C2H6/c1-4-12(17)10-20-13(5-7-16)14(18)15-6-8-19-9-11(2)3;1-3-7-5-4-6-2;2*1-2/h7,11,13H,4-6,8-10H2,1-3H3,(H,15,18);6H,3-5H2,1-2H3;2*1-2H3. The number of ketones is 1. The van der Waals surface area contributed by atoms with E-state index >= 15 is 0 Å². The van der Waals surface area contributed by atoms with Crippen molar-refractivity contribution in [1.29, 1.82) is 0 Å². The van der Waals surface area contributed by atoms with Crippen LogP contribution in [0.4, 0.5) is 0 Å². The van der Waals surface area contributed by atoms with Crippen LogP contribution in [0.5, 0.6) is 0 Å². The molecule has 0 radical (unpaired) electrons. The number of ether oxygens (including phenoxy) is 2. The Labute approximate surface area is 196 Å². The molecule has 8 heteroatoms. The Kier molecular flexibility index (Phi) is 40.6. The summed E-state index contributed by atoms with van der Waals surface area (Å²) in [6, 6.07) is 0. The van der Waals surface area contributed by atoms with Gasteiger partial charge in [0.25, 0.3) is 0 Å². The smallest absolute Gasteiger partial charge is 0.233 e. The Balaban J connectivity index is -0.000000276. The van der Waals surface area contributed by atoms with Gasteiger partial charge in [-0.05, 0) is 19.9 Å². The summed E-state index contributed by atoms with van der Waals surface area (Å²) in [5.41, 5.74) is 0. The van der Waals surface area contributed by atoms with Crippen LogP contribution < -0.4 is 10.6 Å². The van der Waals surface area contributed by atoms with E-state index in [0.29, 0.717) is 38.4 Å². The number of carbonyl (C=O) groups excluding carboxylic acids is 3. The molecule has 0 rings (SSSR count). The number of amides is 1. The van der Waals surface area contributed by atoms with Crippen LogP contribution in [0.1, 0.15) is 68.2 Å². The van der Waals surface area contributed by atoms with Crippen molar-refractivity contribution in [1.82, 2.24) is 10.6 Å². The van der Waals surface area contributed by atoms with Gasteiger partial charge in [-0.15, -0.1) is 11.8 Å². The lowest BCUT2D eigenvalue weighted by Gasteiger charge is -2.14. The van der Waals surface area contributed by atoms with Crippen molar-refractivity contribution in [2.45, 2.75) is 73.5 Å². The average molecular weight is 467 g/mol. The van der Waals surface area contributed by atoms with Gasteiger partial charge in [0.15, 0.2) is 0 Å². The monoisotopic (exact) mass is 466 g/mol. The molecule has 31 heavy (non-hydrogen) atoms. The fraction of sp³-hybridized carbons (Fsp3) is 0.870. The molecule has 0 aromatic heterocycles. The predicted octanol–water partition coefficient (Wildman–Crippen LogP) is 3.74. The molecule has 0 aliphatic heterocycles. The van der Waals surface area contributed by atoms with E-state index in [1.807, 2.05) is 41.7 Å². The number of likely N-dealkylation sites (N-methyl/N-ethyl adjacent to an activating group) is 1. The van der Waals surface area contributed by atoms with E-state index in [2.05, 4.69) is 24.5 Å². The Morgan fingerprint density at radius 3 is 2.03 bits per heavy atom. The molecule has 1 amide bonds. The number of Topliss-reactive ketones (excluding diaryl/α,β-unsaturated/α-hetero) is 1. The summed E-state index contributed by atoms with van der Waals surface area (Å²) in [6.45, 7) is 20.0. The van der Waals surface area contributed by atoms with Gasteiger partial charge >= 0.3 is 0 Å². The lowest BCUT2D eigenvalue weighted by molar-refractivity contribution is -0.122. The molecular formula is C23H50N2O5S. The molecule has 0 saturated carbocycles. The molecular weight excluding hydrogens is 416 g/mol. The van der Waals surface area contributed by atoms with Crippen LogP contribution in [-0.4, -0.2) is 75.5 Å². The normalized spacial score (nSPS) is 10.4. The molecule has 188 valence electrons. The fourth-order valence-electron chi connectivity index (χ4n) is 1.63. The molecule has 0 aromatic rings. The molecule has 0 aromatic carbocycles. The minimum Gasteiger partial charge on any atom is -0.380 e. The van der Waals surface area contributed by atoms with Gasteiger partial charge in [-0.2, -0.15) is 0 Å². The van der Waals surface area contributed by atoms with Crippen LogP contribution in [0.25, 0.3) is 0 Å². The maximum atomic E-state index is 11.9. The van der Waals surface area contributed by atoms with E-state index < -0.39 is 5.25 Å². The molecule has 0 aliphatic carbocycles. The quantitative estimate of drug-likeness (QED) is 0.264. The maximum Gasteiger partial charge on any atom is 0.233 e. The number of carbonyl (C=O) groups is 3. The minimum atomic E-state index is -0.493. The second-order valence-corrected chi connectivity index (χ2v) is 7.35. The summed E-state index contributed by atoms with van der Waals surface area (Å²) in [5, 5.41) is 5.21. The van der Waals surface area contributed by atoms with Gasteiger partial charge in [0, 0.05) is 39.1 Å². The fourth-order valence-corrected chi connectivity index (χ4v) is 2.67. The first-order valence-electron chi connectivity index (χ1n) is 11.6. The Morgan fingerprint density at radius 2 is 1.58 bits per heavy atom. The number of nitrogens with one attached hydrogen (secondary N) is 2. The van der Waals surface area contributed by atoms with Gasteiger partial charge in [0.1, 0.15) is 12.1 Å². The largest absolute Gasteiger partial charge is 0.380 e. The van der Waals surface area contributed by atoms with Crippen molar-refractivity contribution in [3.8, 4) is 0 Å². The second-order valence-electron chi connectivity index (χ2n) is 6.15. The lowest BCUT2D eigenvalue weighted by atomic mass is 10.2. The first kappa shape index (κ1) is 37.4. The number of rotatable bonds is 16. The van der Waals surface area contributed by atoms with Crippen LogP contribution in [0.3, 0.4) is 0 Å². The Bertz CT molecular complexity index is 379. The molecule has 0 saturated heterocycles. The van der Waals surface area contributed by atoms with Gasteiger partial charge in [-0.25, -0.2) is 0 Å². The molecule has 0 spiro atoms. The van der Waals surface area contributed by atoms with Crippen molar-refractivity contribution >= 4 is 29.7 Å². The Morgan fingerprint density at radius 1 is 1.00 bits per heavy atom. The molecule has 0 fully saturated rings. The van der Waals surface area contributed by atoms with Crippen molar-refractivity contribution in [3.05, 3.63) is 0 Å². The van der Waals surface area contributed by atoms with Crippen LogP contribution in [0.2, 0.25) is 0 Å². The third-order valence-electron chi connectivity index (χ3n) is 3.14. The highest BCUT2D eigenvalue weighted by atomic mass is 32.2. The minimum absolute atomic E-state index is 0.0824. The van der Waals surface area contributed by atoms with E-state index in [-0.39, 0.29) is 23.9 Å². The van der Waals surface area contributed by atoms with Crippen LogP contribution >= 0.6 is 11.8 Å². The van der Waals surface area contributed by atoms with E-state index in [0.717, 1.165) is 19.8 Å². The molecule has 0 heterocycles. The molecule has 2 N–H and O–H groups in total. The molecule has 7 nitrogen and oxygen atoms in total. The third-order valence-corrected chi connectivity index (χ3v) is 4.44. The molecule has 1 atom stereocenters. The highest BCUT2D eigenvalue weighted by molar-refractivity contribution is 8.01. The summed E-state index contributed by atoms with van der Waals surface area (Å²) in [7, 11) is 1.92. The zero-order valence-corrected chi connectivity index (χ0v) is 22.4. The van der Waals surface area contributed by atoms with Gasteiger partial charge < -0.3 is 24.9 Å². The summed E-state index contributed by atoms with van der Waals surface area (Å²) in [5.74, 6) is 0.606. The van der Waals surface area contributed by atoms with E-state index in [1.54, 1.807) is 6.92 Å². The Hall–Kier alpha value is -0.960. The first-order chi connectivity index (χ1) is 14.9. The van der Waals surface area contributed by atoms with Crippen molar-refractivity contribution in [2.75, 3.05) is 52.3 Å². The predicted molar refractivity (Wildman–Crippen MR) is 134 cm³/mol. The SMILES string of the molecule is CC.CC.CCC(=O)CSC(CC=O)C(=O)NCCOCC(C)C.CCOCCNC. The number of thioether (sulfide) groups is 1. The number of aldehydes is 1. The van der Waals surface area contributed by atoms with Crippen molar-refractivity contribution in [2.24, 2.45) is 5.92 Å². The summed E-state index contributed by atoms with van der Waals surface area (Å²) >= 11 is 1.22. The molecule has 1 unspecified atom stereocenters. The highest BCUT2D eigenvalue weighted by Crippen LogP contribution is 2.14. The second kappa shape index (κ2) is 33.7. The van der Waals surface area contributed by atoms with Crippen LogP contribution in [0, 0.1) is 5.92 Å². The third kappa shape index (κ3) is 33.9. The van der Waals surface area contributed by atoms with Gasteiger partial charge in [0.2, 0.25) is 5.91 Å². The summed E-state index contributed by atoms with van der Waals surface area (Å²) in [4.78, 5) is 33.7. The van der Waals surface area contributed by atoms with E-state index in [9.17, 15) is 14.4 Å². The highest BCUT2D eigenvalue weighted by Gasteiger charge is 2.19.